The van der Waals surface area contributed by atoms with E-state index in [-0.39, 0.29) is 23.0 Å². The Kier molecular flexibility index (Phi) is 10.6. The van der Waals surface area contributed by atoms with Crippen LogP contribution in [0.5, 0.6) is 11.5 Å². The average molecular weight is 596 g/mol. The molecule has 0 radical (unpaired) electrons. The number of sulfonamides is 1. The molecule has 0 aliphatic carbocycles. The highest BCUT2D eigenvalue weighted by Crippen LogP contribution is 2.34. The zero-order valence-electron chi connectivity index (χ0n) is 25.4. The van der Waals surface area contributed by atoms with Crippen LogP contribution in [0.4, 0.5) is 5.69 Å². The Morgan fingerprint density at radius 2 is 1.52 bits per heavy atom. The van der Waals surface area contributed by atoms with Gasteiger partial charge in [-0.3, -0.25) is 13.9 Å². The maximum atomic E-state index is 14.2. The first-order valence-corrected chi connectivity index (χ1v) is 15.2. The summed E-state index contributed by atoms with van der Waals surface area (Å²) >= 11 is 0. The van der Waals surface area contributed by atoms with Crippen molar-refractivity contribution in [2.24, 2.45) is 0 Å². The average Bonchev–Trinajstić information content (AvgIpc) is 2.95. The minimum atomic E-state index is -4.21. The van der Waals surface area contributed by atoms with Gasteiger partial charge in [0.05, 0.1) is 24.8 Å². The molecule has 10 heteroatoms. The van der Waals surface area contributed by atoms with Gasteiger partial charge in [-0.05, 0) is 63.9 Å². The third-order valence-corrected chi connectivity index (χ3v) is 8.41. The van der Waals surface area contributed by atoms with Gasteiger partial charge in [-0.25, -0.2) is 8.42 Å². The van der Waals surface area contributed by atoms with E-state index in [1.54, 1.807) is 24.3 Å². The lowest BCUT2D eigenvalue weighted by Gasteiger charge is -2.34. The van der Waals surface area contributed by atoms with Crippen molar-refractivity contribution in [2.45, 2.75) is 64.1 Å². The van der Waals surface area contributed by atoms with E-state index in [9.17, 15) is 18.0 Å². The predicted molar refractivity (Wildman–Crippen MR) is 164 cm³/mol. The maximum absolute atomic E-state index is 14.2. The van der Waals surface area contributed by atoms with Crippen LogP contribution >= 0.6 is 0 Å². The molecule has 42 heavy (non-hydrogen) atoms. The number of nitrogens with one attached hydrogen (secondary N) is 1. The molecule has 0 saturated carbocycles. The lowest BCUT2D eigenvalue weighted by Crippen LogP contribution is -2.55. The fourth-order valence-corrected chi connectivity index (χ4v) is 5.90. The van der Waals surface area contributed by atoms with Crippen LogP contribution in [0.1, 0.15) is 45.2 Å². The number of aryl methyl sites for hydroxylation is 1. The Labute approximate surface area is 249 Å². The number of benzene rings is 3. The van der Waals surface area contributed by atoms with Gasteiger partial charge in [0.1, 0.15) is 12.6 Å². The molecule has 0 saturated heterocycles. The van der Waals surface area contributed by atoms with Crippen LogP contribution in [0.25, 0.3) is 0 Å². The molecular weight excluding hydrogens is 554 g/mol. The number of hydrogen-bond acceptors (Lipinski definition) is 6. The van der Waals surface area contributed by atoms with E-state index in [1.807, 2.05) is 65.0 Å². The van der Waals surface area contributed by atoms with E-state index >= 15 is 0 Å². The summed E-state index contributed by atoms with van der Waals surface area (Å²) in [7, 11) is -1.28. The molecule has 0 aromatic heterocycles. The number of methoxy groups -OCH3 is 2. The zero-order chi connectivity index (χ0) is 31.1. The quantitative estimate of drug-likeness (QED) is 0.318. The first kappa shape index (κ1) is 32.5. The van der Waals surface area contributed by atoms with Crippen LogP contribution in [0.2, 0.25) is 0 Å². The molecule has 3 aromatic carbocycles. The summed E-state index contributed by atoms with van der Waals surface area (Å²) < 4.78 is 40.0. The van der Waals surface area contributed by atoms with Crippen molar-refractivity contribution in [3.05, 3.63) is 83.9 Å². The van der Waals surface area contributed by atoms with Gasteiger partial charge in [-0.2, -0.15) is 0 Å². The molecule has 3 aromatic rings. The Balaban J connectivity index is 2.12. The monoisotopic (exact) mass is 595 g/mol. The summed E-state index contributed by atoms with van der Waals surface area (Å²) in [5, 5.41) is 2.97. The van der Waals surface area contributed by atoms with E-state index in [4.69, 9.17) is 9.47 Å². The molecule has 226 valence electrons. The molecule has 3 rings (SSSR count). The normalized spacial score (nSPS) is 12.3. The Morgan fingerprint density at radius 1 is 0.905 bits per heavy atom. The SMILES string of the molecule is CCC(C(=O)NC(C)(C)C)N(Cc1ccccc1)C(=O)CN(c1ccc(OC)c(OC)c1)S(=O)(=O)c1ccc(C)cc1. The highest BCUT2D eigenvalue weighted by atomic mass is 32.2. The molecular formula is C32H41N3O6S. The molecule has 9 nitrogen and oxygen atoms in total. The van der Waals surface area contributed by atoms with Crippen molar-refractivity contribution in [3.63, 3.8) is 0 Å². The maximum Gasteiger partial charge on any atom is 0.264 e. The first-order chi connectivity index (χ1) is 19.8. The van der Waals surface area contributed by atoms with Gasteiger partial charge in [0.25, 0.3) is 10.0 Å². The second-order valence-corrected chi connectivity index (χ2v) is 12.9. The summed E-state index contributed by atoms with van der Waals surface area (Å²) in [6.07, 6.45) is 0.335. The van der Waals surface area contributed by atoms with Crippen LogP contribution in [0, 0.1) is 6.92 Å². The summed E-state index contributed by atoms with van der Waals surface area (Å²) in [5.74, 6) is -0.117. The number of hydrogen-bond donors (Lipinski definition) is 1. The zero-order valence-corrected chi connectivity index (χ0v) is 26.2. The Morgan fingerprint density at radius 3 is 2.07 bits per heavy atom. The largest absolute Gasteiger partial charge is 0.493 e. The number of anilines is 1. The number of ether oxygens (including phenoxy) is 2. The van der Waals surface area contributed by atoms with Crippen LogP contribution in [0.15, 0.2) is 77.7 Å². The Bertz CT molecular complexity index is 1470. The second-order valence-electron chi connectivity index (χ2n) is 11.0. The number of rotatable bonds is 12. The molecule has 0 bridgehead atoms. The smallest absolute Gasteiger partial charge is 0.264 e. The number of nitrogens with zero attached hydrogens (tertiary/aromatic N) is 2. The van der Waals surface area contributed by atoms with Gasteiger partial charge in [-0.15, -0.1) is 0 Å². The topological polar surface area (TPSA) is 105 Å². The van der Waals surface area contributed by atoms with Gasteiger partial charge in [-0.1, -0.05) is 55.0 Å². The summed E-state index contributed by atoms with van der Waals surface area (Å²) in [6.45, 7) is 8.88. The fourth-order valence-electron chi connectivity index (χ4n) is 4.50. The van der Waals surface area contributed by atoms with Crippen molar-refractivity contribution < 1.29 is 27.5 Å². The third kappa shape index (κ3) is 8.03. The van der Waals surface area contributed by atoms with Crippen LogP contribution < -0.4 is 19.1 Å². The molecule has 0 fully saturated rings. The highest BCUT2D eigenvalue weighted by Gasteiger charge is 2.35. The van der Waals surface area contributed by atoms with Crippen molar-refractivity contribution >= 4 is 27.5 Å². The lowest BCUT2D eigenvalue weighted by molar-refractivity contribution is -0.141. The van der Waals surface area contributed by atoms with Crippen LogP contribution in [0.3, 0.4) is 0 Å². The van der Waals surface area contributed by atoms with Crippen molar-refractivity contribution in [1.29, 1.82) is 0 Å². The van der Waals surface area contributed by atoms with Gasteiger partial charge in [0, 0.05) is 18.2 Å². The minimum absolute atomic E-state index is 0.0304. The number of carbonyl (C=O) groups excluding carboxylic acids is 2. The van der Waals surface area contributed by atoms with Gasteiger partial charge >= 0.3 is 0 Å². The van der Waals surface area contributed by atoms with Crippen molar-refractivity contribution in [3.8, 4) is 11.5 Å². The summed E-state index contributed by atoms with van der Waals surface area (Å²) in [4.78, 5) is 29.1. The predicted octanol–water partition coefficient (Wildman–Crippen LogP) is 4.93. The van der Waals surface area contributed by atoms with Gasteiger partial charge < -0.3 is 19.7 Å². The summed E-state index contributed by atoms with van der Waals surface area (Å²) in [6, 6.07) is 19.6. The standard InChI is InChI=1S/C32H41N3O6S/c1-8-27(31(37)33-32(3,4)5)34(21-24-12-10-9-11-13-24)30(36)22-35(25-16-19-28(40-6)29(20-25)41-7)42(38,39)26-17-14-23(2)15-18-26/h9-20,27H,8,21-22H2,1-7H3,(H,33,37). The minimum Gasteiger partial charge on any atom is -0.493 e. The third-order valence-electron chi connectivity index (χ3n) is 6.62. The second kappa shape index (κ2) is 13.7. The van der Waals surface area contributed by atoms with Crippen LogP contribution in [-0.2, 0) is 26.2 Å². The number of carbonyl (C=O) groups is 2. The molecule has 1 N–H and O–H groups in total. The molecule has 2 amide bonds. The fraction of sp³-hybridized carbons (Fsp3) is 0.375. The lowest BCUT2D eigenvalue weighted by atomic mass is 10.1. The molecule has 0 heterocycles. The van der Waals surface area contributed by atoms with Crippen molar-refractivity contribution in [2.75, 3.05) is 25.1 Å². The summed E-state index contributed by atoms with van der Waals surface area (Å²) in [5.41, 5.74) is 1.40. The van der Waals surface area contributed by atoms with E-state index < -0.39 is 34.1 Å². The van der Waals surface area contributed by atoms with Crippen molar-refractivity contribution in [1.82, 2.24) is 10.2 Å². The van der Waals surface area contributed by atoms with Gasteiger partial charge in [0.2, 0.25) is 11.8 Å². The van der Waals surface area contributed by atoms with E-state index in [0.29, 0.717) is 17.9 Å². The molecule has 1 atom stereocenters. The molecule has 0 spiro atoms. The first-order valence-electron chi connectivity index (χ1n) is 13.8. The molecule has 0 aliphatic rings. The number of amides is 2. The van der Waals surface area contributed by atoms with E-state index in [2.05, 4.69) is 5.32 Å². The van der Waals surface area contributed by atoms with E-state index in [0.717, 1.165) is 15.4 Å². The highest BCUT2D eigenvalue weighted by molar-refractivity contribution is 7.92. The molecule has 0 aliphatic heterocycles. The van der Waals surface area contributed by atoms with E-state index in [1.165, 1.54) is 37.3 Å². The van der Waals surface area contributed by atoms with Gasteiger partial charge in [0.15, 0.2) is 11.5 Å². The molecule has 1 unspecified atom stereocenters. The van der Waals surface area contributed by atoms with Crippen LogP contribution in [-0.4, -0.2) is 57.5 Å². The Hall–Kier alpha value is -4.05.